The van der Waals surface area contributed by atoms with E-state index in [2.05, 4.69) is 10.6 Å². The number of carbonyl (C=O) groups is 3. The molecule has 0 bridgehead atoms. The first-order valence-electron chi connectivity index (χ1n) is 13.3. The first-order chi connectivity index (χ1) is 18.1. The molecule has 1 saturated carbocycles. The number of aliphatic hydroxyl groups excluding tert-OH is 1. The van der Waals surface area contributed by atoms with Gasteiger partial charge in [-0.1, -0.05) is 50.3 Å². The predicted molar refractivity (Wildman–Crippen MR) is 144 cm³/mol. The second-order valence-electron chi connectivity index (χ2n) is 9.47. The number of nitrogens with one attached hydrogen (secondary N) is 2. The highest BCUT2D eigenvalue weighted by atomic mass is 31.2. The Bertz CT molecular complexity index is 932. The van der Waals surface area contributed by atoms with Crippen LogP contribution in [0, 0.1) is 5.92 Å². The molecule has 1 fully saturated rings. The van der Waals surface area contributed by atoms with E-state index in [0.717, 1.165) is 32.1 Å². The maximum atomic E-state index is 13.3. The van der Waals surface area contributed by atoms with E-state index in [1.54, 1.807) is 45.2 Å². The van der Waals surface area contributed by atoms with Crippen LogP contribution in [0.5, 0.6) is 0 Å². The third-order valence-electron chi connectivity index (χ3n) is 6.72. The van der Waals surface area contributed by atoms with Crippen LogP contribution in [0.4, 0.5) is 10.5 Å². The molecular formula is C26H42N3O8P. The number of nitrogens with zero attached hydrogens (tertiary/aromatic N) is 1. The minimum Gasteiger partial charge on any atom is -0.465 e. The number of carboxylic acid groups (broad SMARTS) is 1. The maximum absolute atomic E-state index is 13.3. The Kier molecular flexibility index (Phi) is 13.2. The van der Waals surface area contributed by atoms with Crippen LogP contribution in [0.1, 0.15) is 65.2 Å². The van der Waals surface area contributed by atoms with Crippen molar-refractivity contribution in [2.75, 3.05) is 25.2 Å². The molecule has 214 valence electrons. The topological polar surface area (TPSA) is 154 Å². The van der Waals surface area contributed by atoms with E-state index in [4.69, 9.17) is 9.05 Å². The molecule has 1 aliphatic rings. The van der Waals surface area contributed by atoms with Gasteiger partial charge < -0.3 is 34.8 Å². The van der Waals surface area contributed by atoms with Gasteiger partial charge in [-0.25, -0.2) is 4.79 Å². The highest BCUT2D eigenvalue weighted by Gasteiger charge is 2.41. The highest BCUT2D eigenvalue weighted by Crippen LogP contribution is 2.53. The van der Waals surface area contributed by atoms with E-state index in [-0.39, 0.29) is 37.9 Å². The average molecular weight is 556 g/mol. The minimum absolute atomic E-state index is 0.00441. The molecule has 0 aliphatic heterocycles. The number of para-hydroxylation sites is 1. The normalized spacial score (nSPS) is 16.7. The third-order valence-corrected chi connectivity index (χ3v) is 8.97. The Labute approximate surface area is 224 Å². The summed E-state index contributed by atoms with van der Waals surface area (Å²) in [5, 5.41) is 25.4. The highest BCUT2D eigenvalue weighted by molar-refractivity contribution is 7.54. The first kappa shape index (κ1) is 31.8. The molecule has 1 aliphatic carbocycles. The van der Waals surface area contributed by atoms with Gasteiger partial charge >= 0.3 is 13.7 Å². The summed E-state index contributed by atoms with van der Waals surface area (Å²) in [6.07, 6.45) is 3.78. The van der Waals surface area contributed by atoms with Crippen LogP contribution in [-0.4, -0.2) is 66.3 Å². The summed E-state index contributed by atoms with van der Waals surface area (Å²) >= 11 is 0. The summed E-state index contributed by atoms with van der Waals surface area (Å²) < 4.78 is 23.9. The lowest BCUT2D eigenvalue weighted by molar-refractivity contribution is -0.125. The van der Waals surface area contributed by atoms with Crippen LogP contribution in [0.25, 0.3) is 0 Å². The summed E-state index contributed by atoms with van der Waals surface area (Å²) in [4.78, 5) is 39.1. The van der Waals surface area contributed by atoms with Gasteiger partial charge in [0.2, 0.25) is 11.8 Å². The lowest BCUT2D eigenvalue weighted by atomic mass is 9.84. The smallest absolute Gasteiger partial charge is 0.405 e. The second kappa shape index (κ2) is 15.8. The number of hydrogen-bond donors (Lipinski definition) is 4. The van der Waals surface area contributed by atoms with Crippen molar-refractivity contribution >= 4 is 31.2 Å². The van der Waals surface area contributed by atoms with Crippen LogP contribution in [-0.2, 0) is 23.2 Å². The van der Waals surface area contributed by atoms with Crippen LogP contribution < -0.4 is 15.5 Å². The number of amides is 3. The molecular weight excluding hydrogens is 513 g/mol. The zero-order valence-corrected chi connectivity index (χ0v) is 23.4. The molecule has 4 N–H and O–H groups in total. The van der Waals surface area contributed by atoms with Gasteiger partial charge in [0.1, 0.15) is 6.04 Å². The summed E-state index contributed by atoms with van der Waals surface area (Å²) in [6, 6.07) is 6.73. The van der Waals surface area contributed by atoms with Gasteiger partial charge in [0, 0.05) is 19.2 Å². The SMILES string of the molecule is CCOP(=O)(OCC)C(O)C(CCC(=O)N(C)c1ccccc1)NC(=O)C(CC1CCCCC1)NC(=O)O. The van der Waals surface area contributed by atoms with Gasteiger partial charge in [0.05, 0.1) is 19.3 Å². The maximum Gasteiger partial charge on any atom is 0.405 e. The van der Waals surface area contributed by atoms with Crippen LogP contribution in [0.15, 0.2) is 30.3 Å². The molecule has 12 heteroatoms. The summed E-state index contributed by atoms with van der Waals surface area (Å²) in [7, 11) is -2.46. The molecule has 3 atom stereocenters. The predicted octanol–water partition coefficient (Wildman–Crippen LogP) is 4.11. The van der Waals surface area contributed by atoms with Crippen molar-refractivity contribution in [2.45, 2.75) is 83.1 Å². The molecule has 0 aromatic heterocycles. The molecule has 0 radical (unpaired) electrons. The van der Waals surface area contributed by atoms with Crippen molar-refractivity contribution in [1.82, 2.24) is 10.6 Å². The summed E-state index contributed by atoms with van der Waals surface area (Å²) in [5.41, 5.74) is 0.672. The molecule has 1 aromatic rings. The minimum atomic E-state index is -4.08. The number of hydrogen-bond acceptors (Lipinski definition) is 7. The fraction of sp³-hybridized carbons (Fsp3) is 0.654. The van der Waals surface area contributed by atoms with E-state index < -0.39 is 37.5 Å². The Balaban J connectivity index is 2.23. The largest absolute Gasteiger partial charge is 0.465 e. The number of aliphatic hydroxyl groups is 1. The van der Waals surface area contributed by atoms with Crippen molar-refractivity contribution in [3.8, 4) is 0 Å². The van der Waals surface area contributed by atoms with Crippen molar-refractivity contribution in [3.63, 3.8) is 0 Å². The number of anilines is 1. The number of benzene rings is 1. The molecule has 3 amide bonds. The lowest BCUT2D eigenvalue weighted by Crippen LogP contribution is -2.53. The van der Waals surface area contributed by atoms with Gasteiger partial charge in [0.15, 0.2) is 5.85 Å². The fourth-order valence-corrected chi connectivity index (χ4v) is 6.49. The van der Waals surface area contributed by atoms with Crippen LogP contribution in [0.3, 0.4) is 0 Å². The van der Waals surface area contributed by atoms with E-state index in [0.29, 0.717) is 12.1 Å². The first-order valence-corrected chi connectivity index (χ1v) is 14.9. The molecule has 3 unspecified atom stereocenters. The molecule has 0 heterocycles. The molecule has 1 aromatic carbocycles. The fourth-order valence-electron chi connectivity index (χ4n) is 4.73. The van der Waals surface area contributed by atoms with Gasteiger partial charge in [-0.2, -0.15) is 0 Å². The number of rotatable bonds is 15. The lowest BCUT2D eigenvalue weighted by Gasteiger charge is -2.32. The monoisotopic (exact) mass is 555 g/mol. The van der Waals surface area contributed by atoms with E-state index in [1.807, 2.05) is 6.07 Å². The average Bonchev–Trinajstić information content (AvgIpc) is 2.90. The van der Waals surface area contributed by atoms with E-state index >= 15 is 0 Å². The van der Waals surface area contributed by atoms with Crippen LogP contribution in [0.2, 0.25) is 0 Å². The van der Waals surface area contributed by atoms with Crippen molar-refractivity contribution in [2.24, 2.45) is 5.92 Å². The molecule has 0 saturated heterocycles. The van der Waals surface area contributed by atoms with E-state index in [1.165, 1.54) is 4.90 Å². The van der Waals surface area contributed by atoms with E-state index in [9.17, 15) is 29.2 Å². The number of carbonyl (C=O) groups excluding carboxylic acids is 2. The van der Waals surface area contributed by atoms with Gasteiger partial charge in [-0.3, -0.25) is 14.2 Å². The quantitative estimate of drug-likeness (QED) is 0.236. The summed E-state index contributed by atoms with van der Waals surface area (Å²) in [6.45, 7) is 3.19. The Morgan fingerprint density at radius 3 is 2.21 bits per heavy atom. The standard InChI is InChI=1S/C26H42N3O8P/c1-4-36-38(35,37-5-2)25(32)21(16-17-23(30)29(3)20-14-10-7-11-15-20)27-24(31)22(28-26(33)34)18-19-12-8-6-9-13-19/h7,10-11,14-15,19,21-22,25,28,32H,4-6,8-9,12-13,16-18H2,1-3H3,(H,27,31)(H,33,34). The Morgan fingerprint density at radius 2 is 1.66 bits per heavy atom. The van der Waals surface area contributed by atoms with Gasteiger partial charge in [0.25, 0.3) is 0 Å². The molecule has 0 spiro atoms. The van der Waals surface area contributed by atoms with Crippen molar-refractivity contribution in [1.29, 1.82) is 0 Å². The Hall–Kier alpha value is -2.46. The second-order valence-corrected chi connectivity index (χ2v) is 11.6. The molecule has 11 nitrogen and oxygen atoms in total. The van der Waals surface area contributed by atoms with Crippen molar-refractivity contribution in [3.05, 3.63) is 30.3 Å². The zero-order chi connectivity index (χ0) is 28.1. The van der Waals surface area contributed by atoms with Crippen LogP contribution >= 0.6 is 7.60 Å². The summed E-state index contributed by atoms with van der Waals surface area (Å²) in [5.74, 6) is -2.52. The van der Waals surface area contributed by atoms with Gasteiger partial charge in [-0.05, 0) is 44.7 Å². The Morgan fingerprint density at radius 1 is 1.05 bits per heavy atom. The molecule has 38 heavy (non-hydrogen) atoms. The molecule has 2 rings (SSSR count). The zero-order valence-electron chi connectivity index (χ0n) is 22.5. The van der Waals surface area contributed by atoms with Gasteiger partial charge in [-0.15, -0.1) is 0 Å². The third kappa shape index (κ3) is 9.69. The van der Waals surface area contributed by atoms with Crippen molar-refractivity contribution < 1.29 is 38.2 Å².